The molecule has 0 aliphatic heterocycles. The van der Waals surface area contributed by atoms with E-state index in [9.17, 15) is 5.11 Å². The Kier molecular flexibility index (Phi) is 6.91. The van der Waals surface area contributed by atoms with Gasteiger partial charge in [-0.2, -0.15) is 0 Å². The van der Waals surface area contributed by atoms with Crippen LogP contribution in [0.5, 0.6) is 11.5 Å². The molecule has 2 aromatic rings. The molecule has 0 aliphatic carbocycles. The number of nitrogens with one attached hydrogen (secondary N) is 1. The maximum Gasteiger partial charge on any atom is 0.119 e. The molecular weight excluding hydrogens is 290 g/mol. The Hall–Kier alpha value is -2.04. The Morgan fingerprint density at radius 1 is 0.957 bits per heavy atom. The van der Waals surface area contributed by atoms with Gasteiger partial charge in [0.05, 0.1) is 20.3 Å². The van der Waals surface area contributed by atoms with Crippen molar-refractivity contribution in [2.75, 3.05) is 20.3 Å². The van der Waals surface area contributed by atoms with E-state index in [0.717, 1.165) is 23.5 Å². The third kappa shape index (κ3) is 5.58. The normalized spacial score (nSPS) is 12.0. The molecule has 0 radical (unpaired) electrons. The van der Waals surface area contributed by atoms with Crippen LogP contribution in [0, 0.1) is 0 Å². The minimum atomic E-state index is 0.0232. The predicted molar refractivity (Wildman–Crippen MR) is 92.0 cm³/mol. The van der Waals surface area contributed by atoms with E-state index in [1.54, 1.807) is 7.11 Å². The van der Waals surface area contributed by atoms with Gasteiger partial charge in [0.2, 0.25) is 0 Å². The Bertz CT molecular complexity index is 566. The first-order valence-electron chi connectivity index (χ1n) is 7.94. The summed E-state index contributed by atoms with van der Waals surface area (Å²) < 4.78 is 10.6. The minimum absolute atomic E-state index is 0.0232. The SMILES string of the molecule is CCOc1ccc(CC(CO)NCc2ccc(OC)cc2)cc1. The highest BCUT2D eigenvalue weighted by Gasteiger charge is 2.08. The first-order chi connectivity index (χ1) is 11.2. The first kappa shape index (κ1) is 17.3. The third-order valence-electron chi connectivity index (χ3n) is 3.69. The molecule has 4 nitrogen and oxygen atoms in total. The zero-order chi connectivity index (χ0) is 16.5. The summed E-state index contributed by atoms with van der Waals surface area (Å²) in [4.78, 5) is 0. The van der Waals surface area contributed by atoms with Crippen LogP contribution in [0.3, 0.4) is 0 Å². The van der Waals surface area contributed by atoms with Crippen LogP contribution in [0.15, 0.2) is 48.5 Å². The van der Waals surface area contributed by atoms with E-state index >= 15 is 0 Å². The van der Waals surface area contributed by atoms with Crippen molar-refractivity contribution in [1.82, 2.24) is 5.32 Å². The number of ether oxygens (including phenoxy) is 2. The predicted octanol–water partition coefficient (Wildman–Crippen LogP) is 2.79. The van der Waals surface area contributed by atoms with Gasteiger partial charge in [0, 0.05) is 12.6 Å². The van der Waals surface area contributed by atoms with Gasteiger partial charge in [0.15, 0.2) is 0 Å². The summed E-state index contributed by atoms with van der Waals surface area (Å²) in [6, 6.07) is 16.0. The van der Waals surface area contributed by atoms with Gasteiger partial charge in [-0.05, 0) is 48.7 Å². The second kappa shape index (κ2) is 9.18. The van der Waals surface area contributed by atoms with Crippen LogP contribution in [0.4, 0.5) is 0 Å². The topological polar surface area (TPSA) is 50.7 Å². The van der Waals surface area contributed by atoms with Crippen molar-refractivity contribution >= 4 is 0 Å². The van der Waals surface area contributed by atoms with Crippen LogP contribution in [-0.4, -0.2) is 31.5 Å². The number of rotatable bonds is 9. The molecule has 2 rings (SSSR count). The lowest BCUT2D eigenvalue weighted by molar-refractivity contribution is 0.240. The lowest BCUT2D eigenvalue weighted by atomic mass is 10.1. The molecule has 0 heterocycles. The fourth-order valence-electron chi connectivity index (χ4n) is 2.38. The number of benzene rings is 2. The molecule has 2 aromatic carbocycles. The van der Waals surface area contributed by atoms with Crippen molar-refractivity contribution in [3.63, 3.8) is 0 Å². The van der Waals surface area contributed by atoms with E-state index in [0.29, 0.717) is 13.2 Å². The van der Waals surface area contributed by atoms with Crippen molar-refractivity contribution in [1.29, 1.82) is 0 Å². The number of hydrogen-bond acceptors (Lipinski definition) is 4. The largest absolute Gasteiger partial charge is 0.497 e. The number of aliphatic hydroxyl groups excluding tert-OH is 1. The second-order valence-electron chi connectivity index (χ2n) is 5.39. The molecule has 23 heavy (non-hydrogen) atoms. The molecule has 0 saturated carbocycles. The Balaban J connectivity index is 1.86. The molecule has 0 bridgehead atoms. The van der Waals surface area contributed by atoms with Crippen LogP contribution in [-0.2, 0) is 13.0 Å². The van der Waals surface area contributed by atoms with E-state index in [2.05, 4.69) is 5.32 Å². The Morgan fingerprint density at radius 3 is 2.13 bits per heavy atom. The van der Waals surface area contributed by atoms with Crippen molar-refractivity contribution in [3.8, 4) is 11.5 Å². The van der Waals surface area contributed by atoms with E-state index in [1.807, 2.05) is 55.5 Å². The molecule has 0 saturated heterocycles. The highest BCUT2D eigenvalue weighted by molar-refractivity contribution is 5.28. The van der Waals surface area contributed by atoms with E-state index in [1.165, 1.54) is 5.56 Å². The zero-order valence-electron chi connectivity index (χ0n) is 13.8. The molecule has 1 unspecified atom stereocenters. The average Bonchev–Trinajstić information content (AvgIpc) is 2.60. The molecule has 0 aliphatic rings. The number of hydrogen-bond donors (Lipinski definition) is 2. The van der Waals surface area contributed by atoms with Gasteiger partial charge in [-0.25, -0.2) is 0 Å². The summed E-state index contributed by atoms with van der Waals surface area (Å²) in [7, 11) is 1.66. The third-order valence-corrected chi connectivity index (χ3v) is 3.69. The van der Waals surface area contributed by atoms with Gasteiger partial charge < -0.3 is 19.9 Å². The van der Waals surface area contributed by atoms with Crippen LogP contribution >= 0.6 is 0 Å². The van der Waals surface area contributed by atoms with Crippen molar-refractivity contribution in [2.45, 2.75) is 25.9 Å². The Labute approximate surface area is 138 Å². The fraction of sp³-hybridized carbons (Fsp3) is 0.368. The molecule has 0 spiro atoms. The summed E-state index contributed by atoms with van der Waals surface area (Å²) in [5.74, 6) is 1.73. The van der Waals surface area contributed by atoms with Gasteiger partial charge >= 0.3 is 0 Å². The quantitative estimate of drug-likeness (QED) is 0.747. The van der Waals surface area contributed by atoms with E-state index < -0.39 is 0 Å². The molecule has 0 fully saturated rings. The van der Waals surface area contributed by atoms with Crippen LogP contribution in [0.1, 0.15) is 18.1 Å². The van der Waals surface area contributed by atoms with Crippen LogP contribution < -0.4 is 14.8 Å². The Morgan fingerprint density at radius 2 is 1.57 bits per heavy atom. The molecule has 4 heteroatoms. The first-order valence-corrected chi connectivity index (χ1v) is 7.94. The average molecular weight is 315 g/mol. The molecule has 0 amide bonds. The van der Waals surface area contributed by atoms with Gasteiger partial charge in [-0.1, -0.05) is 24.3 Å². The summed E-state index contributed by atoms with van der Waals surface area (Å²) in [6.45, 7) is 3.45. The fourth-order valence-corrected chi connectivity index (χ4v) is 2.38. The molecule has 1 atom stereocenters. The molecule has 124 valence electrons. The highest BCUT2D eigenvalue weighted by Crippen LogP contribution is 2.14. The summed E-state index contributed by atoms with van der Waals surface area (Å²) in [5.41, 5.74) is 2.34. The van der Waals surface area contributed by atoms with Crippen molar-refractivity contribution in [3.05, 3.63) is 59.7 Å². The van der Waals surface area contributed by atoms with E-state index in [4.69, 9.17) is 9.47 Å². The molecule has 0 aromatic heterocycles. The van der Waals surface area contributed by atoms with Gasteiger partial charge in [0.1, 0.15) is 11.5 Å². The lowest BCUT2D eigenvalue weighted by Gasteiger charge is -2.17. The van der Waals surface area contributed by atoms with Gasteiger partial charge in [-0.15, -0.1) is 0 Å². The minimum Gasteiger partial charge on any atom is -0.497 e. The smallest absolute Gasteiger partial charge is 0.119 e. The lowest BCUT2D eigenvalue weighted by Crippen LogP contribution is -2.34. The second-order valence-corrected chi connectivity index (χ2v) is 5.39. The standard InChI is InChI=1S/C19H25NO3/c1-3-23-19-10-4-15(5-11-19)12-17(14-21)20-13-16-6-8-18(22-2)9-7-16/h4-11,17,20-21H,3,12-14H2,1-2H3. The molecular formula is C19H25NO3. The van der Waals surface area contributed by atoms with Crippen LogP contribution in [0.25, 0.3) is 0 Å². The summed E-state index contributed by atoms with van der Waals surface area (Å²) in [6.07, 6.45) is 0.777. The van der Waals surface area contributed by atoms with Crippen molar-refractivity contribution < 1.29 is 14.6 Å². The zero-order valence-corrected chi connectivity index (χ0v) is 13.8. The highest BCUT2D eigenvalue weighted by atomic mass is 16.5. The molecule has 2 N–H and O–H groups in total. The number of methoxy groups -OCH3 is 1. The monoisotopic (exact) mass is 315 g/mol. The summed E-state index contributed by atoms with van der Waals surface area (Å²) >= 11 is 0. The van der Waals surface area contributed by atoms with Crippen LogP contribution in [0.2, 0.25) is 0 Å². The van der Waals surface area contributed by atoms with Gasteiger partial charge in [0.25, 0.3) is 0 Å². The maximum atomic E-state index is 9.58. The van der Waals surface area contributed by atoms with Crippen molar-refractivity contribution in [2.24, 2.45) is 0 Å². The maximum absolute atomic E-state index is 9.58. The van der Waals surface area contributed by atoms with E-state index in [-0.39, 0.29) is 12.6 Å². The number of aliphatic hydroxyl groups is 1. The summed E-state index contributed by atoms with van der Waals surface area (Å²) in [5, 5.41) is 13.0. The van der Waals surface area contributed by atoms with Gasteiger partial charge in [-0.3, -0.25) is 0 Å².